The lowest BCUT2D eigenvalue weighted by atomic mass is 10.2. The molecule has 1 aliphatic heterocycles. The summed E-state index contributed by atoms with van der Waals surface area (Å²) in [6.07, 6.45) is 0. The third-order valence-corrected chi connectivity index (χ3v) is 5.25. The molecule has 0 atom stereocenters. The Hall–Kier alpha value is -2.11. The molecule has 2 amide bonds. The van der Waals surface area contributed by atoms with Crippen molar-refractivity contribution in [2.75, 3.05) is 38.2 Å². The van der Waals surface area contributed by atoms with E-state index in [9.17, 15) is 4.79 Å². The standard InChI is InChI=1S/C19H21Cl2N3O2/c1-26-15-7-5-14(6-8-15)13-22-19(25)24-11-9-23(10-12-24)17-4-2-3-16(20)18(17)21/h2-8H,9-13H2,1H3,(H,22,25). The molecule has 26 heavy (non-hydrogen) atoms. The average Bonchev–Trinajstić information content (AvgIpc) is 2.69. The Morgan fingerprint density at radius 1 is 1.08 bits per heavy atom. The highest BCUT2D eigenvalue weighted by Gasteiger charge is 2.22. The first-order valence-electron chi connectivity index (χ1n) is 8.43. The number of nitrogens with zero attached hydrogens (tertiary/aromatic N) is 2. The van der Waals surface area contributed by atoms with Gasteiger partial charge in [0.05, 0.1) is 22.8 Å². The van der Waals surface area contributed by atoms with Crippen LogP contribution in [0.15, 0.2) is 42.5 Å². The molecule has 0 unspecified atom stereocenters. The summed E-state index contributed by atoms with van der Waals surface area (Å²) in [5.41, 5.74) is 1.95. The molecule has 7 heteroatoms. The second-order valence-electron chi connectivity index (χ2n) is 6.05. The number of carbonyl (C=O) groups excluding carboxylic acids is 1. The van der Waals surface area contributed by atoms with Gasteiger partial charge in [0.15, 0.2) is 0 Å². The minimum atomic E-state index is -0.0577. The Morgan fingerprint density at radius 2 is 1.77 bits per heavy atom. The summed E-state index contributed by atoms with van der Waals surface area (Å²) in [5, 5.41) is 4.07. The van der Waals surface area contributed by atoms with Crippen LogP contribution in [0.1, 0.15) is 5.56 Å². The number of nitrogens with one attached hydrogen (secondary N) is 1. The second kappa shape index (κ2) is 8.52. The highest BCUT2D eigenvalue weighted by atomic mass is 35.5. The molecule has 0 radical (unpaired) electrons. The van der Waals surface area contributed by atoms with E-state index in [4.69, 9.17) is 27.9 Å². The Labute approximate surface area is 163 Å². The number of carbonyl (C=O) groups is 1. The lowest BCUT2D eigenvalue weighted by Gasteiger charge is -2.36. The lowest BCUT2D eigenvalue weighted by molar-refractivity contribution is 0.194. The number of ether oxygens (including phenoxy) is 1. The summed E-state index contributed by atoms with van der Waals surface area (Å²) < 4.78 is 5.13. The Morgan fingerprint density at radius 3 is 2.42 bits per heavy atom. The fourth-order valence-corrected chi connectivity index (χ4v) is 3.34. The minimum Gasteiger partial charge on any atom is -0.497 e. The van der Waals surface area contributed by atoms with Crippen LogP contribution >= 0.6 is 23.2 Å². The van der Waals surface area contributed by atoms with Gasteiger partial charge in [-0.25, -0.2) is 4.79 Å². The molecule has 0 spiro atoms. The summed E-state index contributed by atoms with van der Waals surface area (Å²) >= 11 is 12.4. The van der Waals surface area contributed by atoms with Crippen molar-refractivity contribution in [3.05, 3.63) is 58.1 Å². The molecule has 1 heterocycles. The van der Waals surface area contributed by atoms with Gasteiger partial charge < -0.3 is 19.9 Å². The Balaban J connectivity index is 1.51. The van der Waals surface area contributed by atoms with Gasteiger partial charge in [-0.05, 0) is 29.8 Å². The van der Waals surface area contributed by atoms with Gasteiger partial charge in [-0.1, -0.05) is 41.4 Å². The van der Waals surface area contributed by atoms with E-state index >= 15 is 0 Å². The van der Waals surface area contributed by atoms with Crippen LogP contribution in [0.2, 0.25) is 10.0 Å². The first-order chi connectivity index (χ1) is 12.6. The summed E-state index contributed by atoms with van der Waals surface area (Å²) in [5.74, 6) is 0.802. The number of rotatable bonds is 4. The van der Waals surface area contributed by atoms with Crippen molar-refractivity contribution in [2.45, 2.75) is 6.54 Å². The predicted molar refractivity (Wildman–Crippen MR) is 105 cm³/mol. The summed E-state index contributed by atoms with van der Waals surface area (Å²) in [6, 6.07) is 13.2. The van der Waals surface area contributed by atoms with Crippen molar-refractivity contribution in [3.8, 4) is 5.75 Å². The second-order valence-corrected chi connectivity index (χ2v) is 6.84. The molecule has 138 valence electrons. The van der Waals surface area contributed by atoms with Crippen LogP contribution in [0.5, 0.6) is 5.75 Å². The quantitative estimate of drug-likeness (QED) is 0.852. The van der Waals surface area contributed by atoms with Crippen molar-refractivity contribution in [1.82, 2.24) is 10.2 Å². The molecule has 5 nitrogen and oxygen atoms in total. The SMILES string of the molecule is COc1ccc(CNC(=O)N2CCN(c3cccc(Cl)c3Cl)CC2)cc1. The number of urea groups is 1. The van der Waals surface area contributed by atoms with E-state index in [-0.39, 0.29) is 6.03 Å². The summed E-state index contributed by atoms with van der Waals surface area (Å²) in [4.78, 5) is 16.4. The third-order valence-electron chi connectivity index (χ3n) is 4.44. The van der Waals surface area contributed by atoms with Crippen LogP contribution < -0.4 is 15.0 Å². The fourth-order valence-electron chi connectivity index (χ4n) is 2.92. The molecule has 0 aliphatic carbocycles. The first kappa shape index (κ1) is 18.7. The van der Waals surface area contributed by atoms with Gasteiger partial charge in [-0.3, -0.25) is 0 Å². The number of hydrogen-bond donors (Lipinski definition) is 1. The maximum Gasteiger partial charge on any atom is 0.317 e. The molecular weight excluding hydrogens is 373 g/mol. The van der Waals surface area contributed by atoms with E-state index in [2.05, 4.69) is 10.2 Å². The molecule has 3 rings (SSSR count). The van der Waals surface area contributed by atoms with Crippen molar-refractivity contribution in [3.63, 3.8) is 0 Å². The zero-order valence-corrected chi connectivity index (χ0v) is 16.1. The van der Waals surface area contributed by atoms with Gasteiger partial charge in [0.25, 0.3) is 0 Å². The fraction of sp³-hybridized carbons (Fsp3) is 0.316. The monoisotopic (exact) mass is 393 g/mol. The topological polar surface area (TPSA) is 44.8 Å². The Kier molecular flexibility index (Phi) is 6.12. The molecule has 2 aromatic carbocycles. The van der Waals surface area contributed by atoms with Crippen molar-refractivity contribution >= 4 is 34.9 Å². The van der Waals surface area contributed by atoms with E-state index in [0.717, 1.165) is 30.1 Å². The van der Waals surface area contributed by atoms with E-state index in [0.29, 0.717) is 29.7 Å². The molecule has 1 N–H and O–H groups in total. The van der Waals surface area contributed by atoms with E-state index in [1.54, 1.807) is 13.2 Å². The van der Waals surface area contributed by atoms with E-state index in [1.165, 1.54) is 0 Å². The van der Waals surface area contributed by atoms with E-state index < -0.39 is 0 Å². The molecule has 0 aromatic heterocycles. The number of methoxy groups -OCH3 is 1. The molecule has 2 aromatic rings. The molecule has 0 saturated carbocycles. The number of hydrogen-bond acceptors (Lipinski definition) is 3. The average molecular weight is 394 g/mol. The maximum atomic E-state index is 12.4. The van der Waals surface area contributed by atoms with Crippen LogP contribution in [-0.2, 0) is 6.54 Å². The number of amides is 2. The van der Waals surface area contributed by atoms with Gasteiger partial charge in [0.1, 0.15) is 5.75 Å². The van der Waals surface area contributed by atoms with Crippen LogP contribution in [0.3, 0.4) is 0 Å². The van der Waals surface area contributed by atoms with Crippen LogP contribution in [0, 0.1) is 0 Å². The normalized spacial score (nSPS) is 14.3. The van der Waals surface area contributed by atoms with Crippen molar-refractivity contribution in [1.29, 1.82) is 0 Å². The first-order valence-corrected chi connectivity index (χ1v) is 9.19. The number of piperazine rings is 1. The zero-order valence-electron chi connectivity index (χ0n) is 14.5. The maximum absolute atomic E-state index is 12.4. The van der Waals surface area contributed by atoms with Gasteiger partial charge in [-0.15, -0.1) is 0 Å². The summed E-state index contributed by atoms with van der Waals surface area (Å²) in [7, 11) is 1.63. The number of benzene rings is 2. The smallest absolute Gasteiger partial charge is 0.317 e. The highest BCUT2D eigenvalue weighted by Crippen LogP contribution is 2.32. The minimum absolute atomic E-state index is 0.0577. The molecular formula is C19H21Cl2N3O2. The van der Waals surface area contributed by atoms with Crippen molar-refractivity contribution < 1.29 is 9.53 Å². The zero-order chi connectivity index (χ0) is 18.5. The van der Waals surface area contributed by atoms with Gasteiger partial charge in [0.2, 0.25) is 0 Å². The van der Waals surface area contributed by atoms with E-state index in [1.807, 2.05) is 41.3 Å². The predicted octanol–water partition coefficient (Wildman–Crippen LogP) is 4.03. The largest absolute Gasteiger partial charge is 0.497 e. The van der Waals surface area contributed by atoms with Gasteiger partial charge in [0, 0.05) is 32.7 Å². The molecule has 1 aliphatic rings. The summed E-state index contributed by atoms with van der Waals surface area (Å²) in [6.45, 7) is 3.20. The lowest BCUT2D eigenvalue weighted by Crippen LogP contribution is -2.51. The van der Waals surface area contributed by atoms with Gasteiger partial charge >= 0.3 is 6.03 Å². The number of anilines is 1. The van der Waals surface area contributed by atoms with Gasteiger partial charge in [-0.2, -0.15) is 0 Å². The third kappa shape index (κ3) is 4.34. The van der Waals surface area contributed by atoms with Crippen LogP contribution in [-0.4, -0.2) is 44.2 Å². The van der Waals surface area contributed by atoms with Crippen LogP contribution in [0.4, 0.5) is 10.5 Å². The highest BCUT2D eigenvalue weighted by molar-refractivity contribution is 6.43. The molecule has 1 fully saturated rings. The van der Waals surface area contributed by atoms with Crippen LogP contribution in [0.25, 0.3) is 0 Å². The van der Waals surface area contributed by atoms with Crippen molar-refractivity contribution in [2.24, 2.45) is 0 Å². The number of halogens is 2. The Bertz CT molecular complexity index is 760. The molecule has 1 saturated heterocycles. The molecule has 0 bridgehead atoms.